The fraction of sp³-hybridized carbons (Fsp3) is 0.955. The van der Waals surface area contributed by atoms with Crippen LogP contribution in [-0.4, -0.2) is 74.7 Å². The van der Waals surface area contributed by atoms with Gasteiger partial charge in [0.25, 0.3) is 0 Å². The molecule has 166 valence electrons. The van der Waals surface area contributed by atoms with Crippen LogP contribution in [0.5, 0.6) is 0 Å². The number of halogens is 1. The fourth-order valence-electron chi connectivity index (χ4n) is 4.55. The Morgan fingerprint density at radius 3 is 2.21 bits per heavy atom. The van der Waals surface area contributed by atoms with E-state index in [1.165, 1.54) is 77.8 Å². The predicted molar refractivity (Wildman–Crippen MR) is 133 cm³/mol. The molecule has 0 spiro atoms. The molecule has 0 aromatic rings. The van der Waals surface area contributed by atoms with Gasteiger partial charge in [0, 0.05) is 45.8 Å². The van der Waals surface area contributed by atoms with E-state index in [-0.39, 0.29) is 24.0 Å². The van der Waals surface area contributed by atoms with Gasteiger partial charge in [0.2, 0.25) is 0 Å². The molecule has 1 aliphatic heterocycles. The molecule has 0 atom stereocenters. The van der Waals surface area contributed by atoms with Crippen LogP contribution in [0.25, 0.3) is 0 Å². The van der Waals surface area contributed by atoms with Gasteiger partial charge in [-0.3, -0.25) is 4.99 Å². The van der Waals surface area contributed by atoms with E-state index in [1.807, 2.05) is 0 Å². The van der Waals surface area contributed by atoms with Crippen LogP contribution in [0, 0.1) is 11.3 Å². The highest BCUT2D eigenvalue weighted by molar-refractivity contribution is 14.0. The normalized spacial score (nSPS) is 20.5. The molecule has 2 N–H and O–H groups in total. The molecule has 0 bridgehead atoms. The lowest BCUT2D eigenvalue weighted by Crippen LogP contribution is -2.46. The van der Waals surface area contributed by atoms with Crippen molar-refractivity contribution < 1.29 is 0 Å². The quantitative estimate of drug-likeness (QED) is 0.193. The summed E-state index contributed by atoms with van der Waals surface area (Å²) in [4.78, 5) is 10.1. The summed E-state index contributed by atoms with van der Waals surface area (Å²) in [7, 11) is 0. The third-order valence-electron chi connectivity index (χ3n) is 6.28. The fourth-order valence-corrected chi connectivity index (χ4v) is 4.55. The van der Waals surface area contributed by atoms with Gasteiger partial charge in [-0.1, -0.05) is 27.2 Å². The number of unbranched alkanes of at least 4 members (excludes halogenated alkanes) is 1. The second-order valence-electron chi connectivity index (χ2n) is 9.06. The molecule has 2 rings (SSSR count). The second kappa shape index (κ2) is 14.0. The summed E-state index contributed by atoms with van der Waals surface area (Å²) in [6.45, 7) is 19.4. The summed E-state index contributed by atoms with van der Waals surface area (Å²) in [6.07, 6.45) is 7.92. The van der Waals surface area contributed by atoms with Crippen molar-refractivity contribution >= 4 is 29.9 Å². The Morgan fingerprint density at radius 1 is 1.00 bits per heavy atom. The first-order chi connectivity index (χ1) is 13.1. The zero-order valence-corrected chi connectivity index (χ0v) is 21.3. The maximum atomic E-state index is 4.94. The third kappa shape index (κ3) is 9.16. The van der Waals surface area contributed by atoms with Crippen molar-refractivity contribution in [3.63, 3.8) is 0 Å². The molecule has 0 unspecified atom stereocenters. The van der Waals surface area contributed by atoms with Crippen molar-refractivity contribution in [2.45, 2.75) is 66.2 Å². The van der Waals surface area contributed by atoms with Gasteiger partial charge in [0.05, 0.1) is 0 Å². The van der Waals surface area contributed by atoms with Crippen LogP contribution < -0.4 is 10.6 Å². The molecular formula is C22H46IN5. The monoisotopic (exact) mass is 507 g/mol. The van der Waals surface area contributed by atoms with E-state index < -0.39 is 0 Å². The summed E-state index contributed by atoms with van der Waals surface area (Å²) < 4.78 is 0. The molecule has 0 amide bonds. The van der Waals surface area contributed by atoms with Crippen molar-refractivity contribution in [1.82, 2.24) is 20.4 Å². The van der Waals surface area contributed by atoms with Crippen molar-refractivity contribution in [2.24, 2.45) is 16.3 Å². The number of guanidine groups is 1. The van der Waals surface area contributed by atoms with Gasteiger partial charge in [0.1, 0.15) is 0 Å². The molecule has 28 heavy (non-hydrogen) atoms. The Kier molecular flexibility index (Phi) is 13.0. The van der Waals surface area contributed by atoms with Gasteiger partial charge in [-0.25, -0.2) is 0 Å². The number of likely N-dealkylation sites (N-methyl/N-ethyl adjacent to an activating group) is 1. The van der Waals surface area contributed by atoms with E-state index in [4.69, 9.17) is 4.99 Å². The van der Waals surface area contributed by atoms with Crippen molar-refractivity contribution in [3.8, 4) is 0 Å². The van der Waals surface area contributed by atoms with Gasteiger partial charge in [-0.2, -0.15) is 0 Å². The average Bonchev–Trinajstić information content (AvgIpc) is 2.63. The largest absolute Gasteiger partial charge is 0.357 e. The molecule has 1 heterocycles. The van der Waals surface area contributed by atoms with Crippen LogP contribution in [0.2, 0.25) is 0 Å². The lowest BCUT2D eigenvalue weighted by molar-refractivity contribution is 0.111. The van der Waals surface area contributed by atoms with Crippen LogP contribution >= 0.6 is 24.0 Å². The van der Waals surface area contributed by atoms with Gasteiger partial charge in [-0.15, -0.1) is 24.0 Å². The molecule has 0 aromatic carbocycles. The molecule has 0 radical (unpaired) electrons. The van der Waals surface area contributed by atoms with Gasteiger partial charge < -0.3 is 20.4 Å². The van der Waals surface area contributed by atoms with Gasteiger partial charge >= 0.3 is 0 Å². The number of aliphatic imine (C=N–C) groups is 1. The predicted octanol–water partition coefficient (Wildman–Crippen LogP) is 3.79. The summed E-state index contributed by atoms with van der Waals surface area (Å²) in [5.74, 6) is 1.79. The number of piperazine rings is 1. The summed E-state index contributed by atoms with van der Waals surface area (Å²) in [6, 6.07) is 0. The molecular weight excluding hydrogens is 461 g/mol. The maximum absolute atomic E-state index is 4.94. The van der Waals surface area contributed by atoms with Crippen molar-refractivity contribution in [2.75, 3.05) is 58.9 Å². The van der Waals surface area contributed by atoms with Crippen LogP contribution in [0.1, 0.15) is 66.2 Å². The molecule has 2 fully saturated rings. The minimum Gasteiger partial charge on any atom is -0.357 e. The zero-order chi connectivity index (χ0) is 19.5. The standard InChI is InChI=1S/C22H45N5.HI/c1-5-23-21(25-19-22(10-9-11-22)18-20(3)4)24-12-7-8-13-27-16-14-26(6-2)15-17-27;/h20H,5-19H2,1-4H3,(H2,23,24,25);1H. The minimum absolute atomic E-state index is 0. The topological polar surface area (TPSA) is 42.9 Å². The lowest BCUT2D eigenvalue weighted by Gasteiger charge is -2.42. The highest BCUT2D eigenvalue weighted by Gasteiger charge is 2.37. The maximum Gasteiger partial charge on any atom is 0.191 e. The molecule has 1 aliphatic carbocycles. The molecule has 2 aliphatic rings. The number of nitrogens with one attached hydrogen (secondary N) is 2. The molecule has 0 aromatic heterocycles. The Morgan fingerprint density at radius 2 is 1.68 bits per heavy atom. The van der Waals surface area contributed by atoms with Crippen molar-refractivity contribution in [1.29, 1.82) is 0 Å². The summed E-state index contributed by atoms with van der Waals surface area (Å²) in [5.41, 5.74) is 0.483. The SMILES string of the molecule is CCNC(=NCC1(CC(C)C)CCC1)NCCCCN1CCN(CC)CC1.I. The first-order valence-corrected chi connectivity index (χ1v) is 11.5. The number of hydrogen-bond acceptors (Lipinski definition) is 3. The molecule has 6 heteroatoms. The Hall–Kier alpha value is -0.0800. The van der Waals surface area contributed by atoms with E-state index in [9.17, 15) is 0 Å². The van der Waals surface area contributed by atoms with Crippen molar-refractivity contribution in [3.05, 3.63) is 0 Å². The zero-order valence-electron chi connectivity index (χ0n) is 18.9. The highest BCUT2D eigenvalue weighted by Crippen LogP contribution is 2.46. The Bertz CT molecular complexity index is 429. The van der Waals surface area contributed by atoms with E-state index in [2.05, 4.69) is 48.1 Å². The number of rotatable bonds is 11. The summed E-state index contributed by atoms with van der Waals surface area (Å²) in [5, 5.41) is 6.99. The smallest absolute Gasteiger partial charge is 0.191 e. The van der Waals surface area contributed by atoms with E-state index in [0.29, 0.717) is 5.41 Å². The Labute approximate surface area is 191 Å². The van der Waals surface area contributed by atoms with Crippen LogP contribution in [0.15, 0.2) is 4.99 Å². The number of nitrogens with zero attached hydrogens (tertiary/aromatic N) is 3. The van der Waals surface area contributed by atoms with Gasteiger partial charge in [-0.05, 0) is 63.5 Å². The lowest BCUT2D eigenvalue weighted by atomic mass is 9.64. The van der Waals surface area contributed by atoms with Crippen LogP contribution in [0.3, 0.4) is 0 Å². The van der Waals surface area contributed by atoms with E-state index >= 15 is 0 Å². The molecule has 1 saturated heterocycles. The van der Waals surface area contributed by atoms with Crippen LogP contribution in [-0.2, 0) is 0 Å². The molecule has 5 nitrogen and oxygen atoms in total. The van der Waals surface area contributed by atoms with Gasteiger partial charge in [0.15, 0.2) is 5.96 Å². The minimum atomic E-state index is 0. The van der Waals surface area contributed by atoms with E-state index in [1.54, 1.807) is 0 Å². The number of hydrogen-bond donors (Lipinski definition) is 2. The average molecular weight is 508 g/mol. The first kappa shape index (κ1) is 26.0. The van der Waals surface area contributed by atoms with Crippen LogP contribution in [0.4, 0.5) is 0 Å². The third-order valence-corrected chi connectivity index (χ3v) is 6.28. The van der Waals surface area contributed by atoms with E-state index in [0.717, 1.165) is 31.5 Å². The summed E-state index contributed by atoms with van der Waals surface area (Å²) >= 11 is 0. The first-order valence-electron chi connectivity index (χ1n) is 11.5. The second-order valence-corrected chi connectivity index (χ2v) is 9.06. The highest BCUT2D eigenvalue weighted by atomic mass is 127. The molecule has 1 saturated carbocycles. The Balaban J connectivity index is 0.00000392.